The van der Waals surface area contributed by atoms with E-state index < -0.39 is 17.7 Å². The Kier molecular flexibility index (Phi) is 6.80. The van der Waals surface area contributed by atoms with Gasteiger partial charge in [0.1, 0.15) is 11.6 Å². The standard InChI is InChI=1S/C25H32N2O3/c1-17-12-14-18(15-13-17)16-22(27-24(29)30-25(2,3)4)23(28)26-21-11-7-9-19-8-5-6-10-20(19)21/h5-6,8,10,12-15,21-22H,7,9,11,16H2,1-4H3,(H,26,28)(H,27,29)/t21?,22-/m0/s1. The predicted molar refractivity (Wildman–Crippen MR) is 118 cm³/mol. The quantitative estimate of drug-likeness (QED) is 0.758. The maximum Gasteiger partial charge on any atom is 0.408 e. The van der Waals surface area contributed by atoms with Crippen LogP contribution in [0.4, 0.5) is 4.79 Å². The Hall–Kier alpha value is -2.82. The lowest BCUT2D eigenvalue weighted by Crippen LogP contribution is -2.50. The average Bonchev–Trinajstić information content (AvgIpc) is 2.68. The van der Waals surface area contributed by atoms with Crippen molar-refractivity contribution in [3.05, 3.63) is 70.8 Å². The van der Waals surface area contributed by atoms with Gasteiger partial charge in [0.25, 0.3) is 0 Å². The highest BCUT2D eigenvalue weighted by molar-refractivity contribution is 5.86. The molecule has 0 saturated heterocycles. The monoisotopic (exact) mass is 408 g/mol. The minimum atomic E-state index is -0.711. The maximum absolute atomic E-state index is 13.2. The third-order valence-corrected chi connectivity index (χ3v) is 5.25. The first-order valence-electron chi connectivity index (χ1n) is 10.6. The van der Waals surface area contributed by atoms with E-state index in [1.165, 1.54) is 11.1 Å². The number of amides is 2. The summed E-state index contributed by atoms with van der Waals surface area (Å²) in [5, 5.41) is 5.94. The second-order valence-electron chi connectivity index (χ2n) is 9.04. The maximum atomic E-state index is 13.2. The SMILES string of the molecule is Cc1ccc(C[C@H](NC(=O)OC(C)(C)C)C(=O)NC2CCCc3ccccc32)cc1. The highest BCUT2D eigenvalue weighted by atomic mass is 16.6. The van der Waals surface area contributed by atoms with E-state index in [9.17, 15) is 9.59 Å². The first-order valence-corrected chi connectivity index (χ1v) is 10.6. The van der Waals surface area contributed by atoms with Crippen LogP contribution in [-0.2, 0) is 22.4 Å². The number of hydrogen-bond donors (Lipinski definition) is 2. The van der Waals surface area contributed by atoms with Crippen LogP contribution >= 0.6 is 0 Å². The van der Waals surface area contributed by atoms with Gasteiger partial charge in [0.2, 0.25) is 5.91 Å². The van der Waals surface area contributed by atoms with E-state index in [0.29, 0.717) is 6.42 Å². The second kappa shape index (κ2) is 9.33. The van der Waals surface area contributed by atoms with Gasteiger partial charge in [-0.25, -0.2) is 4.79 Å². The molecule has 160 valence electrons. The molecule has 0 fully saturated rings. The van der Waals surface area contributed by atoms with Gasteiger partial charge < -0.3 is 15.4 Å². The fraction of sp³-hybridized carbons (Fsp3) is 0.440. The van der Waals surface area contributed by atoms with Crippen LogP contribution in [0.1, 0.15) is 61.9 Å². The highest BCUT2D eigenvalue weighted by Crippen LogP contribution is 2.29. The number of benzene rings is 2. The van der Waals surface area contributed by atoms with Crippen molar-refractivity contribution in [2.24, 2.45) is 0 Å². The molecule has 0 aliphatic heterocycles. The van der Waals surface area contributed by atoms with Crippen LogP contribution in [0.15, 0.2) is 48.5 Å². The molecule has 5 nitrogen and oxygen atoms in total. The van der Waals surface area contributed by atoms with Crippen molar-refractivity contribution in [3.8, 4) is 0 Å². The average molecular weight is 409 g/mol. The number of carbonyl (C=O) groups excluding carboxylic acids is 2. The van der Waals surface area contributed by atoms with Crippen LogP contribution < -0.4 is 10.6 Å². The van der Waals surface area contributed by atoms with E-state index in [4.69, 9.17) is 4.74 Å². The van der Waals surface area contributed by atoms with E-state index in [-0.39, 0.29) is 11.9 Å². The third kappa shape index (κ3) is 6.09. The Balaban J connectivity index is 1.75. The second-order valence-corrected chi connectivity index (χ2v) is 9.04. The summed E-state index contributed by atoms with van der Waals surface area (Å²) in [4.78, 5) is 25.6. The molecule has 0 aromatic heterocycles. The molecule has 5 heteroatoms. The summed E-state index contributed by atoms with van der Waals surface area (Å²) in [6.07, 6.45) is 2.78. The third-order valence-electron chi connectivity index (χ3n) is 5.25. The van der Waals surface area contributed by atoms with E-state index in [2.05, 4.69) is 22.8 Å². The predicted octanol–water partition coefficient (Wildman–Crippen LogP) is 4.62. The number of ether oxygens (including phenoxy) is 1. The van der Waals surface area contributed by atoms with Crippen molar-refractivity contribution < 1.29 is 14.3 Å². The van der Waals surface area contributed by atoms with Crippen LogP contribution in [0.3, 0.4) is 0 Å². The zero-order valence-electron chi connectivity index (χ0n) is 18.3. The Bertz CT molecular complexity index is 884. The largest absolute Gasteiger partial charge is 0.444 e. The number of aryl methyl sites for hydroxylation is 2. The van der Waals surface area contributed by atoms with Gasteiger partial charge in [0, 0.05) is 6.42 Å². The molecule has 2 amide bonds. The van der Waals surface area contributed by atoms with E-state index in [1.807, 2.05) is 43.3 Å². The fourth-order valence-electron chi connectivity index (χ4n) is 3.80. The van der Waals surface area contributed by atoms with Gasteiger partial charge in [-0.15, -0.1) is 0 Å². The van der Waals surface area contributed by atoms with Gasteiger partial charge >= 0.3 is 6.09 Å². The lowest BCUT2D eigenvalue weighted by molar-refractivity contribution is -0.124. The summed E-state index contributed by atoms with van der Waals surface area (Å²) in [6.45, 7) is 7.44. The molecule has 2 N–H and O–H groups in total. The summed E-state index contributed by atoms with van der Waals surface area (Å²) >= 11 is 0. The number of nitrogens with one attached hydrogen (secondary N) is 2. The van der Waals surface area contributed by atoms with Gasteiger partial charge in [-0.1, -0.05) is 54.1 Å². The van der Waals surface area contributed by atoms with Crippen molar-refractivity contribution in [2.75, 3.05) is 0 Å². The molecule has 0 radical (unpaired) electrons. The van der Waals surface area contributed by atoms with Crippen molar-refractivity contribution in [2.45, 2.75) is 71.1 Å². The van der Waals surface area contributed by atoms with Crippen LogP contribution in [0, 0.1) is 6.92 Å². The Morgan fingerprint density at radius 2 is 1.80 bits per heavy atom. The summed E-state index contributed by atoms with van der Waals surface area (Å²) in [7, 11) is 0. The normalized spacial score (nSPS) is 16.9. The fourth-order valence-corrected chi connectivity index (χ4v) is 3.80. The Morgan fingerprint density at radius 1 is 1.10 bits per heavy atom. The van der Waals surface area contributed by atoms with E-state index in [0.717, 1.165) is 30.4 Å². The van der Waals surface area contributed by atoms with Gasteiger partial charge in [0.15, 0.2) is 0 Å². The van der Waals surface area contributed by atoms with Gasteiger partial charge in [0.05, 0.1) is 6.04 Å². The van der Waals surface area contributed by atoms with E-state index in [1.54, 1.807) is 20.8 Å². The van der Waals surface area contributed by atoms with Crippen LogP contribution in [0.5, 0.6) is 0 Å². The van der Waals surface area contributed by atoms with Crippen molar-refractivity contribution >= 4 is 12.0 Å². The molecule has 0 heterocycles. The lowest BCUT2D eigenvalue weighted by atomic mass is 9.87. The molecule has 2 atom stereocenters. The molecule has 1 unspecified atom stereocenters. The van der Waals surface area contributed by atoms with Crippen molar-refractivity contribution in [1.82, 2.24) is 10.6 Å². The van der Waals surface area contributed by atoms with Crippen LogP contribution in [0.2, 0.25) is 0 Å². The number of alkyl carbamates (subject to hydrolysis) is 1. The molecule has 1 aliphatic rings. The molecule has 2 aromatic rings. The molecule has 0 saturated carbocycles. The molecule has 1 aliphatic carbocycles. The summed E-state index contributed by atoms with van der Waals surface area (Å²) in [6, 6.07) is 15.5. The zero-order chi connectivity index (χ0) is 21.7. The number of carbonyl (C=O) groups is 2. The summed E-state index contributed by atoms with van der Waals surface area (Å²) in [5.74, 6) is -0.192. The number of rotatable bonds is 5. The van der Waals surface area contributed by atoms with Gasteiger partial charge in [-0.2, -0.15) is 0 Å². The minimum absolute atomic E-state index is 0.0385. The molecule has 2 aromatic carbocycles. The van der Waals surface area contributed by atoms with Gasteiger partial charge in [-0.3, -0.25) is 4.79 Å². The lowest BCUT2D eigenvalue weighted by Gasteiger charge is -2.29. The topological polar surface area (TPSA) is 67.4 Å². The summed E-state index contributed by atoms with van der Waals surface area (Å²) in [5.41, 5.74) is 3.96. The highest BCUT2D eigenvalue weighted by Gasteiger charge is 2.28. The Labute approximate surface area is 179 Å². The first-order chi connectivity index (χ1) is 14.2. The first kappa shape index (κ1) is 21.9. The number of hydrogen-bond acceptors (Lipinski definition) is 3. The molecule has 30 heavy (non-hydrogen) atoms. The molecular weight excluding hydrogens is 376 g/mol. The van der Waals surface area contributed by atoms with Gasteiger partial charge in [-0.05, 0) is 63.6 Å². The van der Waals surface area contributed by atoms with E-state index >= 15 is 0 Å². The molecule has 0 spiro atoms. The molecular formula is C25H32N2O3. The van der Waals surface area contributed by atoms with Crippen LogP contribution in [-0.4, -0.2) is 23.6 Å². The zero-order valence-corrected chi connectivity index (χ0v) is 18.3. The Morgan fingerprint density at radius 3 is 2.50 bits per heavy atom. The smallest absolute Gasteiger partial charge is 0.408 e. The molecule has 3 rings (SSSR count). The summed E-state index contributed by atoms with van der Waals surface area (Å²) < 4.78 is 5.39. The van der Waals surface area contributed by atoms with Crippen LogP contribution in [0.25, 0.3) is 0 Å². The molecule has 0 bridgehead atoms. The van der Waals surface area contributed by atoms with Crippen molar-refractivity contribution in [3.63, 3.8) is 0 Å². The minimum Gasteiger partial charge on any atom is -0.444 e. The number of fused-ring (bicyclic) bond motifs is 1. The van der Waals surface area contributed by atoms with Crippen molar-refractivity contribution in [1.29, 1.82) is 0 Å².